The molecule has 3 nitrogen and oxygen atoms in total. The first-order chi connectivity index (χ1) is 9.92. The van der Waals surface area contributed by atoms with Crippen molar-refractivity contribution in [2.45, 2.75) is 25.8 Å². The van der Waals surface area contributed by atoms with Crippen LogP contribution in [0.2, 0.25) is 0 Å². The van der Waals surface area contributed by atoms with Crippen LogP contribution in [0.4, 0.5) is 0 Å². The third-order valence-corrected chi connectivity index (χ3v) is 4.47. The van der Waals surface area contributed by atoms with Crippen molar-refractivity contribution < 1.29 is 0 Å². The van der Waals surface area contributed by atoms with Crippen molar-refractivity contribution in [1.82, 2.24) is 15.3 Å². The van der Waals surface area contributed by atoms with Crippen molar-refractivity contribution >= 4 is 11.3 Å². The number of pyridine rings is 1. The van der Waals surface area contributed by atoms with E-state index in [9.17, 15) is 0 Å². The number of allylic oxidation sites excluding steroid dienone is 2. The lowest BCUT2D eigenvalue weighted by atomic mass is 9.94. The number of hydrogen-bond donors (Lipinski definition) is 1. The van der Waals surface area contributed by atoms with E-state index in [0.717, 1.165) is 35.4 Å². The summed E-state index contributed by atoms with van der Waals surface area (Å²) in [4.78, 5) is 8.98. The second-order valence-electron chi connectivity index (χ2n) is 5.14. The Morgan fingerprint density at radius 1 is 1.30 bits per heavy atom. The molecule has 4 heteroatoms. The molecule has 0 aliphatic heterocycles. The maximum Gasteiger partial charge on any atom is 0.142 e. The highest BCUT2D eigenvalue weighted by Gasteiger charge is 2.10. The Hall–Kier alpha value is -1.52. The molecule has 0 spiro atoms. The highest BCUT2D eigenvalue weighted by atomic mass is 32.1. The van der Waals surface area contributed by atoms with Crippen molar-refractivity contribution in [2.24, 2.45) is 5.92 Å². The molecule has 0 radical (unpaired) electrons. The molecule has 0 aromatic carbocycles. The Labute approximate surface area is 123 Å². The molecule has 0 saturated heterocycles. The van der Waals surface area contributed by atoms with Crippen LogP contribution < -0.4 is 5.32 Å². The first kappa shape index (κ1) is 13.5. The van der Waals surface area contributed by atoms with Crippen LogP contribution in [-0.2, 0) is 6.54 Å². The van der Waals surface area contributed by atoms with Crippen LogP contribution in [0.5, 0.6) is 0 Å². The highest BCUT2D eigenvalue weighted by Crippen LogP contribution is 2.21. The van der Waals surface area contributed by atoms with Gasteiger partial charge in [0.25, 0.3) is 0 Å². The van der Waals surface area contributed by atoms with Gasteiger partial charge in [-0.05, 0) is 43.9 Å². The van der Waals surface area contributed by atoms with E-state index in [0.29, 0.717) is 0 Å². The van der Waals surface area contributed by atoms with Gasteiger partial charge in [0.15, 0.2) is 0 Å². The quantitative estimate of drug-likeness (QED) is 0.852. The minimum Gasteiger partial charge on any atom is -0.311 e. The van der Waals surface area contributed by atoms with Crippen LogP contribution in [-0.4, -0.2) is 16.5 Å². The standard InChI is InChI=1S/C16H19N3S/c1-2-6-13(7-3-1)10-17-11-14-12-20-16(19-14)15-8-4-5-9-18-15/h1-2,4-5,8-9,12-13,17H,3,6-7,10-11H2. The van der Waals surface area contributed by atoms with Gasteiger partial charge in [-0.15, -0.1) is 11.3 Å². The van der Waals surface area contributed by atoms with Gasteiger partial charge in [-0.25, -0.2) is 4.98 Å². The summed E-state index contributed by atoms with van der Waals surface area (Å²) in [5, 5.41) is 6.65. The van der Waals surface area contributed by atoms with Gasteiger partial charge in [-0.2, -0.15) is 0 Å². The Kier molecular flexibility index (Phi) is 4.56. The molecule has 1 atom stereocenters. The zero-order valence-electron chi connectivity index (χ0n) is 11.5. The Morgan fingerprint density at radius 3 is 3.10 bits per heavy atom. The van der Waals surface area contributed by atoms with E-state index in [1.807, 2.05) is 24.4 Å². The molecule has 0 bridgehead atoms. The minimum atomic E-state index is 0.786. The lowest BCUT2D eigenvalue weighted by Gasteiger charge is -2.17. The predicted octanol–water partition coefficient (Wildman–Crippen LogP) is 3.65. The van der Waals surface area contributed by atoms with Gasteiger partial charge in [0.05, 0.1) is 11.4 Å². The number of aromatic nitrogens is 2. The smallest absolute Gasteiger partial charge is 0.142 e. The van der Waals surface area contributed by atoms with E-state index < -0.39 is 0 Å². The van der Waals surface area contributed by atoms with Gasteiger partial charge in [-0.3, -0.25) is 4.98 Å². The van der Waals surface area contributed by atoms with Crippen LogP contribution in [0.15, 0.2) is 41.9 Å². The summed E-state index contributed by atoms with van der Waals surface area (Å²) in [6.45, 7) is 1.93. The van der Waals surface area contributed by atoms with Crippen LogP contribution in [0, 0.1) is 5.92 Å². The molecule has 2 heterocycles. The first-order valence-electron chi connectivity index (χ1n) is 7.13. The van der Waals surface area contributed by atoms with E-state index in [-0.39, 0.29) is 0 Å². The summed E-state index contributed by atoms with van der Waals surface area (Å²) in [5.41, 5.74) is 2.07. The lowest BCUT2D eigenvalue weighted by molar-refractivity contribution is 0.439. The van der Waals surface area contributed by atoms with Crippen molar-refractivity contribution in [3.63, 3.8) is 0 Å². The van der Waals surface area contributed by atoms with Crippen molar-refractivity contribution in [2.75, 3.05) is 6.54 Å². The molecule has 1 aliphatic carbocycles. The largest absolute Gasteiger partial charge is 0.311 e. The molecule has 0 saturated carbocycles. The fourth-order valence-electron chi connectivity index (χ4n) is 2.44. The normalized spacial score (nSPS) is 18.3. The molecule has 0 amide bonds. The average Bonchev–Trinajstić information content (AvgIpc) is 2.98. The van der Waals surface area contributed by atoms with Crippen LogP contribution >= 0.6 is 11.3 Å². The van der Waals surface area contributed by atoms with E-state index in [4.69, 9.17) is 0 Å². The second kappa shape index (κ2) is 6.77. The SMILES string of the molecule is C1=CCC(CNCc2csc(-c3ccccn3)n2)CC1. The monoisotopic (exact) mass is 285 g/mol. The zero-order valence-corrected chi connectivity index (χ0v) is 12.3. The van der Waals surface area contributed by atoms with Crippen LogP contribution in [0.3, 0.4) is 0 Å². The van der Waals surface area contributed by atoms with Gasteiger partial charge >= 0.3 is 0 Å². The second-order valence-corrected chi connectivity index (χ2v) is 6.00. The third kappa shape index (κ3) is 3.52. The van der Waals surface area contributed by atoms with Crippen molar-refractivity contribution in [1.29, 1.82) is 0 Å². The minimum absolute atomic E-state index is 0.786. The number of nitrogens with zero attached hydrogens (tertiary/aromatic N) is 2. The maximum absolute atomic E-state index is 4.64. The lowest BCUT2D eigenvalue weighted by Crippen LogP contribution is -2.23. The van der Waals surface area contributed by atoms with Crippen LogP contribution in [0.25, 0.3) is 10.7 Å². The summed E-state index contributed by atoms with van der Waals surface area (Å²) < 4.78 is 0. The number of nitrogens with one attached hydrogen (secondary N) is 1. The molecule has 2 aromatic heterocycles. The fourth-order valence-corrected chi connectivity index (χ4v) is 3.24. The molecule has 1 N–H and O–H groups in total. The van der Waals surface area contributed by atoms with Gasteiger partial charge in [0.2, 0.25) is 0 Å². The molecular formula is C16H19N3S. The fraction of sp³-hybridized carbons (Fsp3) is 0.375. The number of thiazole rings is 1. The third-order valence-electron chi connectivity index (χ3n) is 3.55. The topological polar surface area (TPSA) is 37.8 Å². The zero-order chi connectivity index (χ0) is 13.6. The molecular weight excluding hydrogens is 266 g/mol. The van der Waals surface area contributed by atoms with Gasteiger partial charge in [0.1, 0.15) is 5.01 Å². The summed E-state index contributed by atoms with van der Waals surface area (Å²) in [6.07, 6.45) is 10.1. The molecule has 2 aromatic rings. The highest BCUT2D eigenvalue weighted by molar-refractivity contribution is 7.13. The Morgan fingerprint density at radius 2 is 2.30 bits per heavy atom. The van der Waals surface area contributed by atoms with Gasteiger partial charge < -0.3 is 5.32 Å². The van der Waals surface area contributed by atoms with Crippen molar-refractivity contribution in [3.8, 4) is 10.7 Å². The average molecular weight is 285 g/mol. The molecule has 20 heavy (non-hydrogen) atoms. The molecule has 1 unspecified atom stereocenters. The van der Waals surface area contributed by atoms with E-state index in [1.165, 1.54) is 19.3 Å². The van der Waals surface area contributed by atoms with E-state index in [1.54, 1.807) is 11.3 Å². The summed E-state index contributed by atoms with van der Waals surface area (Å²) in [6, 6.07) is 5.93. The Balaban J connectivity index is 1.51. The van der Waals surface area contributed by atoms with Crippen molar-refractivity contribution in [3.05, 3.63) is 47.6 Å². The van der Waals surface area contributed by atoms with E-state index >= 15 is 0 Å². The molecule has 0 fully saturated rings. The van der Waals surface area contributed by atoms with Gasteiger partial charge in [-0.1, -0.05) is 18.2 Å². The first-order valence-corrected chi connectivity index (χ1v) is 8.01. The summed E-state index contributed by atoms with van der Waals surface area (Å²) in [7, 11) is 0. The molecule has 104 valence electrons. The summed E-state index contributed by atoms with van der Waals surface area (Å²) in [5.74, 6) is 0.786. The number of hydrogen-bond acceptors (Lipinski definition) is 4. The molecule has 3 rings (SSSR count). The van der Waals surface area contributed by atoms with E-state index in [2.05, 4.69) is 32.8 Å². The predicted molar refractivity (Wildman–Crippen MR) is 83.5 cm³/mol. The van der Waals surface area contributed by atoms with Gasteiger partial charge in [0, 0.05) is 18.1 Å². The Bertz CT molecular complexity index is 562. The molecule has 1 aliphatic rings. The summed E-state index contributed by atoms with van der Waals surface area (Å²) >= 11 is 1.66. The maximum atomic E-state index is 4.64. The number of rotatable bonds is 5. The van der Waals surface area contributed by atoms with Crippen LogP contribution in [0.1, 0.15) is 25.0 Å².